The standard InChI is InChI=1S/C13H17ClO2/c1-9(2)12(8-15-3)11-6-5-10(14)7-13(11)16-4/h5-9H,1-4H3. The Morgan fingerprint density at radius 1 is 1.31 bits per heavy atom. The first-order valence-electron chi connectivity index (χ1n) is 5.17. The maximum atomic E-state index is 5.93. The molecule has 0 amide bonds. The molecule has 0 bridgehead atoms. The predicted molar refractivity (Wildman–Crippen MR) is 67.8 cm³/mol. The Labute approximate surface area is 102 Å². The second-order valence-electron chi connectivity index (χ2n) is 3.81. The monoisotopic (exact) mass is 240 g/mol. The lowest BCUT2D eigenvalue weighted by Gasteiger charge is -2.15. The summed E-state index contributed by atoms with van der Waals surface area (Å²) in [6.07, 6.45) is 1.75. The van der Waals surface area contributed by atoms with Crippen molar-refractivity contribution in [1.29, 1.82) is 0 Å². The molecule has 0 aliphatic carbocycles. The first-order valence-corrected chi connectivity index (χ1v) is 5.54. The summed E-state index contributed by atoms with van der Waals surface area (Å²) in [5, 5.41) is 0.668. The zero-order chi connectivity index (χ0) is 12.1. The van der Waals surface area contributed by atoms with Gasteiger partial charge in [-0.1, -0.05) is 25.4 Å². The number of hydrogen-bond acceptors (Lipinski definition) is 2. The van der Waals surface area contributed by atoms with Crippen LogP contribution in [0.5, 0.6) is 5.75 Å². The third kappa shape index (κ3) is 2.92. The van der Waals surface area contributed by atoms with Gasteiger partial charge in [-0.25, -0.2) is 0 Å². The van der Waals surface area contributed by atoms with Gasteiger partial charge in [-0.2, -0.15) is 0 Å². The van der Waals surface area contributed by atoms with Gasteiger partial charge in [0.05, 0.1) is 20.5 Å². The Balaban J connectivity index is 3.24. The lowest BCUT2D eigenvalue weighted by atomic mass is 9.96. The average Bonchev–Trinajstić information content (AvgIpc) is 2.26. The highest BCUT2D eigenvalue weighted by Crippen LogP contribution is 2.32. The van der Waals surface area contributed by atoms with E-state index in [1.807, 2.05) is 18.2 Å². The summed E-state index contributed by atoms with van der Waals surface area (Å²) in [7, 11) is 3.28. The Kier molecular flexibility index (Phi) is 4.69. The number of halogens is 1. The van der Waals surface area contributed by atoms with Crippen LogP contribution >= 0.6 is 11.6 Å². The molecule has 0 aliphatic heterocycles. The Hall–Kier alpha value is -1.15. The van der Waals surface area contributed by atoms with E-state index in [9.17, 15) is 0 Å². The number of ether oxygens (including phenoxy) is 2. The fraction of sp³-hybridized carbons (Fsp3) is 0.385. The molecule has 0 N–H and O–H groups in total. The van der Waals surface area contributed by atoms with Crippen molar-refractivity contribution < 1.29 is 9.47 Å². The second-order valence-corrected chi connectivity index (χ2v) is 4.24. The highest BCUT2D eigenvalue weighted by Gasteiger charge is 2.12. The molecule has 0 atom stereocenters. The van der Waals surface area contributed by atoms with E-state index < -0.39 is 0 Å². The molecule has 1 aromatic rings. The van der Waals surface area contributed by atoms with Crippen molar-refractivity contribution in [1.82, 2.24) is 0 Å². The second kappa shape index (κ2) is 5.80. The molecule has 1 aromatic carbocycles. The third-order valence-corrected chi connectivity index (χ3v) is 2.58. The average molecular weight is 241 g/mol. The van der Waals surface area contributed by atoms with E-state index in [0.29, 0.717) is 10.9 Å². The molecule has 88 valence electrons. The van der Waals surface area contributed by atoms with Crippen molar-refractivity contribution in [3.05, 3.63) is 35.0 Å². The van der Waals surface area contributed by atoms with Crippen molar-refractivity contribution in [3.8, 4) is 5.75 Å². The maximum Gasteiger partial charge on any atom is 0.127 e. The van der Waals surface area contributed by atoms with E-state index in [1.54, 1.807) is 20.5 Å². The summed E-state index contributed by atoms with van der Waals surface area (Å²) in [4.78, 5) is 0. The smallest absolute Gasteiger partial charge is 0.127 e. The predicted octanol–water partition coefficient (Wildman–Crippen LogP) is 3.99. The minimum absolute atomic E-state index is 0.357. The van der Waals surface area contributed by atoms with Crippen LogP contribution in [0.1, 0.15) is 19.4 Å². The summed E-state index contributed by atoms with van der Waals surface area (Å²) < 4.78 is 10.4. The van der Waals surface area contributed by atoms with Gasteiger partial charge in [0.15, 0.2) is 0 Å². The van der Waals surface area contributed by atoms with Crippen LogP contribution in [0.2, 0.25) is 5.02 Å². The van der Waals surface area contributed by atoms with Gasteiger partial charge in [0.2, 0.25) is 0 Å². The van der Waals surface area contributed by atoms with Gasteiger partial charge in [0.25, 0.3) is 0 Å². The lowest BCUT2D eigenvalue weighted by molar-refractivity contribution is 0.337. The van der Waals surface area contributed by atoms with E-state index in [1.165, 1.54) is 0 Å². The highest BCUT2D eigenvalue weighted by atomic mass is 35.5. The van der Waals surface area contributed by atoms with Crippen molar-refractivity contribution in [2.45, 2.75) is 13.8 Å². The molecule has 0 saturated heterocycles. The first kappa shape index (κ1) is 12.9. The van der Waals surface area contributed by atoms with Crippen LogP contribution in [0.25, 0.3) is 5.57 Å². The largest absolute Gasteiger partial charge is 0.504 e. The topological polar surface area (TPSA) is 18.5 Å². The quantitative estimate of drug-likeness (QED) is 0.741. The summed E-state index contributed by atoms with van der Waals surface area (Å²) in [6.45, 7) is 4.22. The van der Waals surface area contributed by atoms with E-state index in [2.05, 4.69) is 13.8 Å². The van der Waals surface area contributed by atoms with E-state index in [-0.39, 0.29) is 0 Å². The highest BCUT2D eigenvalue weighted by molar-refractivity contribution is 6.30. The van der Waals surface area contributed by atoms with Gasteiger partial charge >= 0.3 is 0 Å². The molecule has 0 radical (unpaired) electrons. The van der Waals surface area contributed by atoms with Crippen LogP contribution in [-0.2, 0) is 4.74 Å². The Morgan fingerprint density at radius 2 is 2.00 bits per heavy atom. The molecule has 0 spiro atoms. The van der Waals surface area contributed by atoms with Crippen molar-refractivity contribution >= 4 is 17.2 Å². The number of hydrogen-bond donors (Lipinski definition) is 0. The van der Waals surface area contributed by atoms with Gasteiger partial charge in [0.1, 0.15) is 5.75 Å². The molecule has 0 aromatic heterocycles. The van der Waals surface area contributed by atoms with Gasteiger partial charge in [0, 0.05) is 16.2 Å². The molecule has 0 unspecified atom stereocenters. The zero-order valence-corrected chi connectivity index (χ0v) is 10.8. The number of benzene rings is 1. The van der Waals surface area contributed by atoms with Crippen LogP contribution in [0.3, 0.4) is 0 Å². The van der Waals surface area contributed by atoms with Crippen LogP contribution < -0.4 is 4.74 Å². The van der Waals surface area contributed by atoms with E-state index >= 15 is 0 Å². The van der Waals surface area contributed by atoms with Gasteiger partial charge < -0.3 is 9.47 Å². The fourth-order valence-electron chi connectivity index (χ4n) is 1.54. The number of rotatable bonds is 4. The molecule has 0 heterocycles. The van der Waals surface area contributed by atoms with Crippen molar-refractivity contribution in [3.63, 3.8) is 0 Å². The Morgan fingerprint density at radius 3 is 2.50 bits per heavy atom. The van der Waals surface area contributed by atoms with Crippen LogP contribution in [0, 0.1) is 5.92 Å². The van der Waals surface area contributed by atoms with Gasteiger partial charge in [-0.15, -0.1) is 0 Å². The van der Waals surface area contributed by atoms with E-state index in [4.69, 9.17) is 21.1 Å². The minimum Gasteiger partial charge on any atom is -0.504 e. The fourth-order valence-corrected chi connectivity index (χ4v) is 1.70. The third-order valence-electron chi connectivity index (χ3n) is 2.34. The van der Waals surface area contributed by atoms with Gasteiger partial charge in [-0.05, 0) is 24.1 Å². The van der Waals surface area contributed by atoms with Crippen LogP contribution in [0.15, 0.2) is 24.5 Å². The van der Waals surface area contributed by atoms with Crippen molar-refractivity contribution in [2.24, 2.45) is 5.92 Å². The summed E-state index contributed by atoms with van der Waals surface area (Å²) >= 11 is 5.93. The van der Waals surface area contributed by atoms with Crippen LogP contribution in [0.4, 0.5) is 0 Å². The van der Waals surface area contributed by atoms with Gasteiger partial charge in [-0.3, -0.25) is 0 Å². The molecule has 0 aliphatic rings. The maximum absolute atomic E-state index is 5.93. The van der Waals surface area contributed by atoms with Crippen molar-refractivity contribution in [2.75, 3.05) is 14.2 Å². The molecule has 0 fully saturated rings. The summed E-state index contributed by atoms with van der Waals surface area (Å²) in [6, 6.07) is 5.61. The molecule has 1 rings (SSSR count). The number of methoxy groups -OCH3 is 2. The molecule has 0 saturated carbocycles. The molecular weight excluding hydrogens is 224 g/mol. The molecular formula is C13H17ClO2. The normalized spacial score (nSPS) is 11.8. The van der Waals surface area contributed by atoms with E-state index in [0.717, 1.165) is 16.9 Å². The summed E-state index contributed by atoms with van der Waals surface area (Å²) in [5.41, 5.74) is 2.11. The Bertz CT molecular complexity index is 384. The zero-order valence-electron chi connectivity index (χ0n) is 10.1. The number of allylic oxidation sites excluding steroid dienone is 1. The summed E-state index contributed by atoms with van der Waals surface area (Å²) in [5.74, 6) is 1.12. The lowest BCUT2D eigenvalue weighted by Crippen LogP contribution is -1.98. The molecule has 16 heavy (non-hydrogen) atoms. The van der Waals surface area contributed by atoms with Crippen LogP contribution in [-0.4, -0.2) is 14.2 Å². The molecule has 3 heteroatoms. The molecule has 2 nitrogen and oxygen atoms in total. The minimum atomic E-state index is 0.357. The SMILES string of the molecule is COC=C(c1ccc(Cl)cc1OC)C(C)C. The first-order chi connectivity index (χ1) is 7.60.